The molecule has 4 aromatic rings. The Morgan fingerprint density at radius 3 is 2.77 bits per heavy atom. The van der Waals surface area contributed by atoms with Gasteiger partial charge in [0, 0.05) is 41.5 Å². The second-order valence-electron chi connectivity index (χ2n) is 7.50. The van der Waals surface area contributed by atoms with Crippen LogP contribution in [0.4, 0.5) is 5.69 Å². The lowest BCUT2D eigenvalue weighted by atomic mass is 10.1. The third kappa shape index (κ3) is 4.83. The minimum Gasteiger partial charge on any atom is -0.330 e. The van der Waals surface area contributed by atoms with E-state index in [4.69, 9.17) is 0 Å². The molecule has 0 bridgehead atoms. The van der Waals surface area contributed by atoms with Gasteiger partial charge < -0.3 is 9.88 Å². The van der Waals surface area contributed by atoms with E-state index in [9.17, 15) is 4.79 Å². The van der Waals surface area contributed by atoms with Crippen LogP contribution in [0, 0.1) is 0 Å². The number of amides is 1. The molecule has 0 spiro atoms. The van der Waals surface area contributed by atoms with Gasteiger partial charge in [-0.2, -0.15) is 0 Å². The maximum atomic E-state index is 12.5. The van der Waals surface area contributed by atoms with Gasteiger partial charge in [0.2, 0.25) is 5.91 Å². The molecule has 1 N–H and O–H groups in total. The molecule has 0 aliphatic carbocycles. The molecule has 5 nitrogen and oxygen atoms in total. The van der Waals surface area contributed by atoms with E-state index in [2.05, 4.69) is 39.8 Å². The van der Waals surface area contributed by atoms with Gasteiger partial charge in [0.15, 0.2) is 0 Å². The lowest BCUT2D eigenvalue weighted by molar-refractivity contribution is -0.115. The normalized spacial score (nSPS) is 11.0. The van der Waals surface area contributed by atoms with Crippen molar-refractivity contribution < 1.29 is 4.79 Å². The Kier molecular flexibility index (Phi) is 6.05. The molecule has 1 amide bonds. The highest BCUT2D eigenvalue weighted by atomic mass is 32.1. The maximum Gasteiger partial charge on any atom is 0.230 e. The third-order valence-electron chi connectivity index (χ3n) is 4.74. The predicted octanol–water partition coefficient (Wildman–Crippen LogP) is 5.36. The molecular weight excluding hydrogens is 392 g/mol. The number of nitrogens with zero attached hydrogens (tertiary/aromatic N) is 3. The SMILES string of the molecule is CC(C)c1nccn1Cc1cccc(NC(=O)Cc2csc(-c3ccccc3)n2)c1. The van der Waals surface area contributed by atoms with Crippen LogP contribution in [0.2, 0.25) is 0 Å². The number of carbonyl (C=O) groups excluding carboxylic acids is 1. The van der Waals surface area contributed by atoms with Crippen LogP contribution in [0.3, 0.4) is 0 Å². The molecule has 0 aliphatic heterocycles. The number of rotatable bonds is 7. The predicted molar refractivity (Wildman–Crippen MR) is 122 cm³/mol. The van der Waals surface area contributed by atoms with Crippen LogP contribution < -0.4 is 5.32 Å². The number of aromatic nitrogens is 3. The Balaban J connectivity index is 1.40. The lowest BCUT2D eigenvalue weighted by Crippen LogP contribution is -2.15. The summed E-state index contributed by atoms with van der Waals surface area (Å²) < 4.78 is 2.14. The van der Waals surface area contributed by atoms with Crippen LogP contribution in [0.1, 0.15) is 36.8 Å². The molecule has 0 unspecified atom stereocenters. The molecule has 0 atom stereocenters. The summed E-state index contributed by atoms with van der Waals surface area (Å²) in [6, 6.07) is 18.0. The number of nitrogens with one attached hydrogen (secondary N) is 1. The van der Waals surface area contributed by atoms with Gasteiger partial charge in [0.1, 0.15) is 10.8 Å². The second kappa shape index (κ2) is 9.05. The van der Waals surface area contributed by atoms with E-state index in [1.165, 1.54) is 0 Å². The highest BCUT2D eigenvalue weighted by Gasteiger charge is 2.11. The molecule has 0 saturated carbocycles. The molecule has 2 heterocycles. The monoisotopic (exact) mass is 416 g/mol. The van der Waals surface area contributed by atoms with Gasteiger partial charge >= 0.3 is 0 Å². The molecular formula is C24H24N4OS. The summed E-state index contributed by atoms with van der Waals surface area (Å²) >= 11 is 1.56. The van der Waals surface area contributed by atoms with Gasteiger partial charge in [-0.15, -0.1) is 11.3 Å². The molecule has 6 heteroatoms. The Labute approximate surface area is 180 Å². The van der Waals surface area contributed by atoms with E-state index >= 15 is 0 Å². The van der Waals surface area contributed by atoms with Crippen molar-refractivity contribution in [3.63, 3.8) is 0 Å². The quantitative estimate of drug-likeness (QED) is 0.441. The van der Waals surface area contributed by atoms with Crippen molar-refractivity contribution in [2.45, 2.75) is 32.7 Å². The van der Waals surface area contributed by atoms with E-state index in [0.717, 1.165) is 39.9 Å². The van der Waals surface area contributed by atoms with Crippen molar-refractivity contribution in [3.05, 3.63) is 89.5 Å². The summed E-state index contributed by atoms with van der Waals surface area (Å²) in [4.78, 5) is 21.6. The summed E-state index contributed by atoms with van der Waals surface area (Å²) in [5.74, 6) is 1.35. The van der Waals surface area contributed by atoms with Crippen molar-refractivity contribution in [3.8, 4) is 10.6 Å². The first-order valence-corrected chi connectivity index (χ1v) is 10.9. The Hall–Kier alpha value is -3.25. The molecule has 0 radical (unpaired) electrons. The van der Waals surface area contributed by atoms with Gasteiger partial charge in [-0.3, -0.25) is 4.79 Å². The van der Waals surface area contributed by atoms with Crippen LogP contribution in [-0.2, 0) is 17.8 Å². The van der Waals surface area contributed by atoms with Crippen LogP contribution in [0.15, 0.2) is 72.4 Å². The van der Waals surface area contributed by atoms with Crippen LogP contribution in [0.5, 0.6) is 0 Å². The van der Waals surface area contributed by atoms with Crippen molar-refractivity contribution in [1.82, 2.24) is 14.5 Å². The smallest absolute Gasteiger partial charge is 0.230 e. The summed E-state index contributed by atoms with van der Waals surface area (Å²) in [5.41, 5.74) is 3.77. The summed E-state index contributed by atoms with van der Waals surface area (Å²) in [6.07, 6.45) is 4.08. The summed E-state index contributed by atoms with van der Waals surface area (Å²) in [5, 5.41) is 5.88. The third-order valence-corrected chi connectivity index (χ3v) is 5.68. The van der Waals surface area contributed by atoms with E-state index in [0.29, 0.717) is 5.92 Å². The van der Waals surface area contributed by atoms with Crippen molar-refractivity contribution in [2.75, 3.05) is 5.32 Å². The Morgan fingerprint density at radius 1 is 1.13 bits per heavy atom. The molecule has 0 aliphatic rings. The highest BCUT2D eigenvalue weighted by Crippen LogP contribution is 2.23. The van der Waals surface area contributed by atoms with Gasteiger partial charge in [-0.05, 0) is 17.7 Å². The number of imidazole rings is 1. The van der Waals surface area contributed by atoms with E-state index in [1.807, 2.05) is 66.3 Å². The lowest BCUT2D eigenvalue weighted by Gasteiger charge is -2.12. The average Bonchev–Trinajstić information content (AvgIpc) is 3.38. The fraction of sp³-hybridized carbons (Fsp3) is 0.208. The molecule has 30 heavy (non-hydrogen) atoms. The molecule has 152 valence electrons. The molecule has 0 fully saturated rings. The number of carbonyl (C=O) groups is 1. The van der Waals surface area contributed by atoms with Gasteiger partial charge in [-0.1, -0.05) is 56.3 Å². The maximum absolute atomic E-state index is 12.5. The average molecular weight is 417 g/mol. The number of benzene rings is 2. The van der Waals surface area contributed by atoms with Crippen molar-refractivity contribution in [2.24, 2.45) is 0 Å². The van der Waals surface area contributed by atoms with Crippen LogP contribution in [0.25, 0.3) is 10.6 Å². The van der Waals surface area contributed by atoms with E-state index in [-0.39, 0.29) is 12.3 Å². The zero-order valence-electron chi connectivity index (χ0n) is 17.1. The molecule has 0 saturated heterocycles. The first-order valence-electron chi connectivity index (χ1n) is 9.98. The highest BCUT2D eigenvalue weighted by molar-refractivity contribution is 7.13. The summed E-state index contributed by atoms with van der Waals surface area (Å²) in [6.45, 7) is 5.00. The van der Waals surface area contributed by atoms with Crippen molar-refractivity contribution in [1.29, 1.82) is 0 Å². The zero-order chi connectivity index (χ0) is 20.9. The first kappa shape index (κ1) is 20.0. The van der Waals surface area contributed by atoms with Gasteiger partial charge in [-0.25, -0.2) is 9.97 Å². The first-order chi connectivity index (χ1) is 14.6. The number of hydrogen-bond acceptors (Lipinski definition) is 4. The fourth-order valence-electron chi connectivity index (χ4n) is 3.37. The minimum atomic E-state index is -0.0671. The van der Waals surface area contributed by atoms with E-state index in [1.54, 1.807) is 11.3 Å². The van der Waals surface area contributed by atoms with Crippen molar-refractivity contribution >= 4 is 22.9 Å². The number of thiazole rings is 1. The van der Waals surface area contributed by atoms with Gasteiger partial charge in [0.25, 0.3) is 0 Å². The number of hydrogen-bond donors (Lipinski definition) is 1. The molecule has 2 aromatic heterocycles. The molecule has 4 rings (SSSR count). The minimum absolute atomic E-state index is 0.0671. The van der Waals surface area contributed by atoms with Gasteiger partial charge in [0.05, 0.1) is 12.1 Å². The fourth-order valence-corrected chi connectivity index (χ4v) is 4.20. The standard InChI is InChI=1S/C24H24N4OS/c1-17(2)23-25-11-12-28(23)15-18-7-6-10-20(13-18)26-22(29)14-21-16-30-24(27-21)19-8-4-3-5-9-19/h3-13,16-17H,14-15H2,1-2H3,(H,26,29). The zero-order valence-corrected chi connectivity index (χ0v) is 17.9. The Bertz CT molecular complexity index is 1130. The van der Waals surface area contributed by atoms with E-state index < -0.39 is 0 Å². The van der Waals surface area contributed by atoms with Crippen LogP contribution >= 0.6 is 11.3 Å². The largest absolute Gasteiger partial charge is 0.330 e. The molecule has 2 aromatic carbocycles. The Morgan fingerprint density at radius 2 is 1.97 bits per heavy atom. The topological polar surface area (TPSA) is 59.8 Å². The van der Waals surface area contributed by atoms with Crippen LogP contribution in [-0.4, -0.2) is 20.4 Å². The number of anilines is 1. The second-order valence-corrected chi connectivity index (χ2v) is 8.36. The summed E-state index contributed by atoms with van der Waals surface area (Å²) in [7, 11) is 0.